The van der Waals surface area contributed by atoms with E-state index in [1.165, 1.54) is 13.8 Å². The van der Waals surface area contributed by atoms with Gasteiger partial charge in [0.1, 0.15) is 49.8 Å². The lowest BCUT2D eigenvalue weighted by molar-refractivity contribution is -0.336. The van der Waals surface area contributed by atoms with Gasteiger partial charge in [-0.15, -0.1) is 0 Å². The van der Waals surface area contributed by atoms with Gasteiger partial charge in [0.05, 0.1) is 103 Å². The predicted octanol–water partition coefficient (Wildman–Crippen LogP) is 5.58. The SMILES string of the molecule is CC(=O)OC1C(O)CC(OC2C(O)CC(OC3C(O)CC(OC4CCC5(C)C(CCC6C5CC(O)C5(C)C(C7=CC(=O)OC7)CCC65O)C4)OC3C)OC2C)OC1C.CC(=O)OC1CC(OC2C(O)CC(OC3C(O)CC(OC4CCC5(C)C(CCC6C5CC(O)C5(C)C(C7=CC(=O)OC7)CCC65O)C4)OC3C)OC2C)OC(C)C1O. The fourth-order valence-corrected chi connectivity index (χ4v) is 26.2. The van der Waals surface area contributed by atoms with Crippen LogP contribution in [0.15, 0.2) is 23.3 Å². The molecule has 16 rings (SSSR count). The van der Waals surface area contributed by atoms with Gasteiger partial charge in [-0.25, -0.2) is 9.59 Å². The molecule has 8 heterocycles. The zero-order chi connectivity index (χ0) is 82.9. The smallest absolute Gasteiger partial charge is 0.331 e. The predicted molar refractivity (Wildman–Crippen MR) is 404 cm³/mol. The van der Waals surface area contributed by atoms with Gasteiger partial charge >= 0.3 is 23.9 Å². The molecule has 8 aliphatic carbocycles. The second-order valence-corrected chi connectivity index (χ2v) is 38.8. The first kappa shape index (κ1) is 87.4. The summed E-state index contributed by atoms with van der Waals surface area (Å²) in [5.74, 6) is -0.684. The summed E-state index contributed by atoms with van der Waals surface area (Å²) in [5, 5.41) is 115. The number of rotatable bonds is 16. The molecule has 0 aromatic rings. The van der Waals surface area contributed by atoms with Crippen molar-refractivity contribution in [2.75, 3.05) is 13.2 Å². The first-order chi connectivity index (χ1) is 54.8. The fourth-order valence-electron chi connectivity index (χ4n) is 26.2. The molecule has 6 saturated heterocycles. The molecule has 14 fully saturated rings. The second-order valence-electron chi connectivity index (χ2n) is 38.8. The van der Waals surface area contributed by atoms with E-state index in [9.17, 15) is 70.2 Å². The van der Waals surface area contributed by atoms with Gasteiger partial charge in [-0.2, -0.15) is 0 Å². The molecule has 30 nitrogen and oxygen atoms in total. The Bertz CT molecular complexity index is 3510. The molecule has 8 aliphatic heterocycles. The number of carbonyl (C=O) groups excluding carboxylic acids is 4. The van der Waals surface area contributed by atoms with E-state index < -0.39 is 194 Å². The minimum absolute atomic E-state index is 0.0551. The zero-order valence-electron chi connectivity index (χ0n) is 69.5. The molecule has 656 valence electrons. The van der Waals surface area contributed by atoms with Crippen LogP contribution in [-0.4, -0.2) is 271 Å². The molecule has 8 saturated carbocycles. The van der Waals surface area contributed by atoms with Crippen molar-refractivity contribution in [2.24, 2.45) is 69.0 Å². The Kier molecular flexibility index (Phi) is 25.5. The molecule has 42 atom stereocenters. The Morgan fingerprint density at radius 2 is 0.707 bits per heavy atom. The van der Waals surface area contributed by atoms with Crippen LogP contribution in [0, 0.1) is 69.0 Å². The summed E-state index contributed by atoms with van der Waals surface area (Å²) in [6.07, 6.45) is -3.29. The summed E-state index contributed by atoms with van der Waals surface area (Å²) in [6, 6.07) is 0. The number of ether oxygens (including phenoxy) is 16. The molecule has 42 unspecified atom stereocenters. The summed E-state index contributed by atoms with van der Waals surface area (Å²) >= 11 is 0. The summed E-state index contributed by atoms with van der Waals surface area (Å²) in [6.45, 7) is 22.3. The Morgan fingerprint density at radius 3 is 1.03 bits per heavy atom. The number of aliphatic hydroxyl groups excluding tert-OH is 8. The summed E-state index contributed by atoms with van der Waals surface area (Å²) in [7, 11) is 0. The number of aliphatic hydroxyl groups is 10. The molecule has 30 heteroatoms. The molecule has 0 amide bonds. The van der Waals surface area contributed by atoms with Crippen molar-refractivity contribution in [2.45, 2.75) is 408 Å². The van der Waals surface area contributed by atoms with Crippen molar-refractivity contribution in [1.82, 2.24) is 0 Å². The Morgan fingerprint density at radius 1 is 0.379 bits per heavy atom. The van der Waals surface area contributed by atoms with Gasteiger partial charge in [-0.05, 0) is 214 Å². The van der Waals surface area contributed by atoms with Gasteiger partial charge in [0, 0.05) is 75.4 Å². The highest BCUT2D eigenvalue weighted by Gasteiger charge is 2.73. The molecule has 16 aliphatic rings. The van der Waals surface area contributed by atoms with E-state index in [-0.39, 0.29) is 122 Å². The number of esters is 4. The third kappa shape index (κ3) is 16.1. The number of cyclic esters (lactones) is 2. The Balaban J connectivity index is 0.000000182. The fraction of sp³-hybridized carbons (Fsp3) is 0.907. The molecule has 0 radical (unpaired) electrons. The lowest BCUT2D eigenvalue weighted by Gasteiger charge is -2.65. The maximum absolute atomic E-state index is 12.6. The van der Waals surface area contributed by atoms with Crippen molar-refractivity contribution >= 4 is 23.9 Å². The monoisotopic (exact) mass is 1640 g/mol. The van der Waals surface area contributed by atoms with Crippen LogP contribution in [0.4, 0.5) is 0 Å². The molecular weight excluding hydrogens is 1510 g/mol. The molecule has 10 N–H and O–H groups in total. The van der Waals surface area contributed by atoms with Gasteiger partial charge in [0.2, 0.25) is 0 Å². The largest absolute Gasteiger partial charge is 0.459 e. The average Bonchev–Trinajstić information content (AvgIpc) is 1.47. The Labute approximate surface area is 680 Å². The lowest BCUT2D eigenvalue weighted by Crippen LogP contribution is -2.67. The number of fused-ring (bicyclic) bond motifs is 10. The topological polar surface area (TPSA) is 418 Å². The minimum Gasteiger partial charge on any atom is -0.459 e. The maximum atomic E-state index is 12.6. The summed E-state index contributed by atoms with van der Waals surface area (Å²) < 4.78 is 95.3. The molecule has 0 bridgehead atoms. The lowest BCUT2D eigenvalue weighted by atomic mass is 9.42. The van der Waals surface area contributed by atoms with E-state index in [0.717, 1.165) is 88.2 Å². The van der Waals surface area contributed by atoms with Gasteiger partial charge < -0.3 is 127 Å². The van der Waals surface area contributed by atoms with Crippen LogP contribution in [-0.2, 0) is 95.0 Å². The van der Waals surface area contributed by atoms with Crippen molar-refractivity contribution < 1.29 is 146 Å². The van der Waals surface area contributed by atoms with Crippen LogP contribution in [0.25, 0.3) is 0 Å². The van der Waals surface area contributed by atoms with E-state index >= 15 is 0 Å². The highest BCUT2D eigenvalue weighted by Crippen LogP contribution is 2.72. The normalized spacial score (nSPS) is 53.2. The van der Waals surface area contributed by atoms with E-state index in [1.807, 2.05) is 27.7 Å². The number of hydrogen-bond donors (Lipinski definition) is 10. The highest BCUT2D eigenvalue weighted by molar-refractivity contribution is 5.86. The Hall–Kier alpha value is -3.52. The van der Waals surface area contributed by atoms with Gasteiger partial charge in [0.25, 0.3) is 0 Å². The highest BCUT2D eigenvalue weighted by atomic mass is 16.8. The molecule has 0 aromatic heterocycles. The quantitative estimate of drug-likeness (QED) is 0.0512. The molecular formula is C86H132O30. The van der Waals surface area contributed by atoms with Crippen LogP contribution in [0.1, 0.15) is 224 Å². The third-order valence-electron chi connectivity index (χ3n) is 32.5. The van der Waals surface area contributed by atoms with E-state index in [1.54, 1.807) is 39.8 Å². The minimum atomic E-state index is -1.02. The average molecular weight is 1650 g/mol. The molecule has 116 heavy (non-hydrogen) atoms. The second kappa shape index (κ2) is 33.9. The van der Waals surface area contributed by atoms with Crippen LogP contribution in [0.3, 0.4) is 0 Å². The van der Waals surface area contributed by atoms with Crippen LogP contribution >= 0.6 is 0 Å². The summed E-state index contributed by atoms with van der Waals surface area (Å²) in [4.78, 5) is 46.9. The van der Waals surface area contributed by atoms with Crippen LogP contribution in [0.2, 0.25) is 0 Å². The van der Waals surface area contributed by atoms with Crippen LogP contribution < -0.4 is 0 Å². The van der Waals surface area contributed by atoms with Gasteiger partial charge in [0.15, 0.2) is 43.8 Å². The van der Waals surface area contributed by atoms with Crippen LogP contribution in [0.5, 0.6) is 0 Å². The standard InChI is InChI=1S/2C43H66O15/c1-20-38(55-23(4)44)30(45)17-36(53-20)57-40-22(3)54-37(18-32(40)47)58-39-21(2)52-35(16-31(39)46)56-26-9-11-41(5)25(14-26)7-8-28-29(41)15-33(48)42(6)27(10-12-43(28,42)50)24-13-34(49)51-19-24;1-20-38(49)32(55-23(4)44)18-37(52-20)58-40-22(3)54-36(17-31(40)46)57-39-21(2)53-35(16-30(39)45)56-26-9-11-41(5)25(14-26)7-8-28-29(41)15-33(47)42(6)27(10-12-43(28,42)50)24-13-34(48)51-19-24/h13,20-22,25-33,35-40,45-48,50H,7-12,14-19H2,1-6H3;13,20-22,25-33,35-40,45-47,49-50H,7-12,14-19H2,1-6H3. The number of hydrogen-bond acceptors (Lipinski definition) is 30. The zero-order valence-corrected chi connectivity index (χ0v) is 69.5. The first-order valence-electron chi connectivity index (χ1n) is 43.7. The summed E-state index contributed by atoms with van der Waals surface area (Å²) in [5.41, 5.74) is -1.83. The van der Waals surface area contributed by atoms with E-state index in [2.05, 4.69) is 13.8 Å². The van der Waals surface area contributed by atoms with Crippen molar-refractivity contribution in [3.05, 3.63) is 23.3 Å². The maximum Gasteiger partial charge on any atom is 0.331 e. The van der Waals surface area contributed by atoms with E-state index in [4.69, 9.17) is 75.8 Å². The van der Waals surface area contributed by atoms with Crippen molar-refractivity contribution in [1.29, 1.82) is 0 Å². The van der Waals surface area contributed by atoms with Gasteiger partial charge in [-0.1, -0.05) is 27.7 Å². The molecule has 0 spiro atoms. The third-order valence-corrected chi connectivity index (χ3v) is 32.5. The van der Waals surface area contributed by atoms with Gasteiger partial charge in [-0.3, -0.25) is 9.59 Å². The van der Waals surface area contributed by atoms with E-state index in [0.29, 0.717) is 37.5 Å². The number of carbonyl (C=O) groups is 4. The van der Waals surface area contributed by atoms with Crippen molar-refractivity contribution in [3.63, 3.8) is 0 Å². The molecule has 0 aromatic carbocycles. The first-order valence-corrected chi connectivity index (χ1v) is 43.7. The van der Waals surface area contributed by atoms with Crippen molar-refractivity contribution in [3.8, 4) is 0 Å².